The van der Waals surface area contributed by atoms with Crippen LogP contribution in [0, 0.1) is 0 Å². The van der Waals surface area contributed by atoms with Crippen LogP contribution in [0.4, 0.5) is 0 Å². The number of hydrogen-bond acceptors (Lipinski definition) is 3. The number of fused-ring (bicyclic) bond motifs is 1. The second-order valence-electron chi connectivity index (χ2n) is 5.91. The second kappa shape index (κ2) is 6.86. The van der Waals surface area contributed by atoms with E-state index >= 15 is 0 Å². The van der Waals surface area contributed by atoms with Crippen molar-refractivity contribution >= 4 is 11.8 Å². The molecule has 1 aliphatic carbocycles. The molecule has 1 heterocycles. The molecule has 0 spiro atoms. The fraction of sp³-hybridized carbons (Fsp3) is 0.647. The predicted molar refractivity (Wildman–Crippen MR) is 86.9 cm³/mol. The average Bonchev–Trinajstić information content (AvgIpc) is 2.95. The zero-order chi connectivity index (χ0) is 13.8. The average molecular weight is 291 g/mol. The Morgan fingerprint density at radius 1 is 1.30 bits per heavy atom. The molecule has 110 valence electrons. The number of thioether (sulfide) groups is 1. The molecule has 0 radical (unpaired) electrons. The number of hydrogen-bond donors (Lipinski definition) is 1. The molecule has 1 aliphatic heterocycles. The molecule has 0 amide bonds. The van der Waals surface area contributed by atoms with Crippen LogP contribution in [0.15, 0.2) is 18.2 Å². The van der Waals surface area contributed by atoms with Crippen LogP contribution in [0.5, 0.6) is 5.75 Å². The van der Waals surface area contributed by atoms with E-state index < -0.39 is 0 Å². The van der Waals surface area contributed by atoms with Crippen molar-refractivity contribution in [2.75, 3.05) is 19.4 Å². The Balaban J connectivity index is 1.49. The van der Waals surface area contributed by atoms with Crippen molar-refractivity contribution in [3.05, 3.63) is 29.3 Å². The topological polar surface area (TPSA) is 21.3 Å². The summed E-state index contributed by atoms with van der Waals surface area (Å²) in [7, 11) is 0. The van der Waals surface area contributed by atoms with Crippen LogP contribution >= 0.6 is 11.8 Å². The summed E-state index contributed by atoms with van der Waals surface area (Å²) in [5.74, 6) is 1.09. The number of nitrogens with one attached hydrogen (secondary N) is 1. The molecule has 1 aromatic carbocycles. The number of rotatable bonds is 5. The molecule has 0 saturated heterocycles. The van der Waals surface area contributed by atoms with E-state index in [4.69, 9.17) is 4.74 Å². The van der Waals surface area contributed by atoms with Crippen molar-refractivity contribution in [1.82, 2.24) is 5.32 Å². The molecule has 1 N–H and O–H groups in total. The van der Waals surface area contributed by atoms with Gasteiger partial charge in [-0.15, -0.1) is 0 Å². The van der Waals surface area contributed by atoms with E-state index in [9.17, 15) is 0 Å². The van der Waals surface area contributed by atoms with Gasteiger partial charge in [0, 0.05) is 17.7 Å². The summed E-state index contributed by atoms with van der Waals surface area (Å²) < 4.78 is 5.56. The third-order valence-corrected chi connectivity index (χ3v) is 5.75. The Morgan fingerprint density at radius 2 is 2.20 bits per heavy atom. The van der Waals surface area contributed by atoms with Crippen LogP contribution in [0.1, 0.15) is 36.8 Å². The fourth-order valence-corrected chi connectivity index (χ4v) is 4.37. The van der Waals surface area contributed by atoms with Crippen molar-refractivity contribution < 1.29 is 4.74 Å². The maximum absolute atomic E-state index is 5.56. The number of ether oxygens (including phenoxy) is 1. The van der Waals surface area contributed by atoms with Gasteiger partial charge in [-0.3, -0.25) is 0 Å². The summed E-state index contributed by atoms with van der Waals surface area (Å²) in [6.45, 7) is 1.95. The highest BCUT2D eigenvalue weighted by atomic mass is 32.2. The van der Waals surface area contributed by atoms with Crippen molar-refractivity contribution in [2.45, 2.75) is 49.8 Å². The predicted octanol–water partition coefficient (Wildman–Crippen LogP) is 3.43. The van der Waals surface area contributed by atoms with E-state index in [0.717, 1.165) is 43.0 Å². The molecule has 3 heteroatoms. The van der Waals surface area contributed by atoms with Crippen LogP contribution in [0.25, 0.3) is 0 Å². The molecule has 20 heavy (non-hydrogen) atoms. The lowest BCUT2D eigenvalue weighted by atomic mass is 9.94. The Bertz CT molecular complexity index is 449. The Morgan fingerprint density at radius 3 is 3.10 bits per heavy atom. The Labute approximate surface area is 126 Å². The molecule has 2 nitrogen and oxygen atoms in total. The quantitative estimate of drug-likeness (QED) is 0.898. The monoisotopic (exact) mass is 291 g/mol. The van der Waals surface area contributed by atoms with Crippen LogP contribution in [0.2, 0.25) is 0 Å². The summed E-state index contributed by atoms with van der Waals surface area (Å²) in [4.78, 5) is 0. The van der Waals surface area contributed by atoms with Crippen LogP contribution in [-0.2, 0) is 12.8 Å². The lowest BCUT2D eigenvalue weighted by Crippen LogP contribution is -2.41. The standard InChI is InChI=1S/C17H25NOS/c1-20-17-5-3-2-4-15(17)18-10-8-13-6-7-16-14(12-13)9-11-19-16/h6-7,12,15,17-18H,2-5,8-11H2,1H3. The maximum atomic E-state index is 5.56. The Kier molecular flexibility index (Phi) is 4.90. The smallest absolute Gasteiger partial charge is 0.122 e. The lowest BCUT2D eigenvalue weighted by molar-refractivity contribution is 0.357. The zero-order valence-corrected chi connectivity index (χ0v) is 13.2. The summed E-state index contributed by atoms with van der Waals surface area (Å²) in [5.41, 5.74) is 2.83. The molecule has 2 unspecified atom stereocenters. The van der Waals surface area contributed by atoms with Crippen molar-refractivity contribution in [1.29, 1.82) is 0 Å². The van der Waals surface area contributed by atoms with Crippen LogP contribution < -0.4 is 10.1 Å². The minimum absolute atomic E-state index is 0.719. The fourth-order valence-electron chi connectivity index (χ4n) is 3.41. The molecular formula is C17H25NOS. The molecule has 1 fully saturated rings. The molecule has 3 rings (SSSR count). The van der Waals surface area contributed by atoms with E-state index in [1.54, 1.807) is 0 Å². The molecule has 1 aromatic rings. The first-order valence-corrected chi connectivity index (χ1v) is 9.16. The van der Waals surface area contributed by atoms with Gasteiger partial charge in [0.15, 0.2) is 0 Å². The highest BCUT2D eigenvalue weighted by Gasteiger charge is 2.23. The van der Waals surface area contributed by atoms with Crippen molar-refractivity contribution in [3.8, 4) is 5.75 Å². The van der Waals surface area contributed by atoms with Gasteiger partial charge in [-0.1, -0.05) is 25.0 Å². The largest absolute Gasteiger partial charge is 0.493 e. The first-order chi connectivity index (χ1) is 9.86. The molecular weight excluding hydrogens is 266 g/mol. The van der Waals surface area contributed by atoms with Gasteiger partial charge in [-0.25, -0.2) is 0 Å². The van der Waals surface area contributed by atoms with E-state index in [-0.39, 0.29) is 0 Å². The van der Waals surface area contributed by atoms with E-state index in [1.807, 2.05) is 11.8 Å². The summed E-state index contributed by atoms with van der Waals surface area (Å²) >= 11 is 2.04. The summed E-state index contributed by atoms with van der Waals surface area (Å²) in [6, 6.07) is 7.41. The van der Waals surface area contributed by atoms with Gasteiger partial charge in [-0.05, 0) is 49.3 Å². The van der Waals surface area contributed by atoms with Gasteiger partial charge in [0.05, 0.1) is 6.61 Å². The minimum atomic E-state index is 0.719. The molecule has 0 bridgehead atoms. The normalized spacial score (nSPS) is 25.2. The van der Waals surface area contributed by atoms with Crippen LogP contribution in [0.3, 0.4) is 0 Å². The minimum Gasteiger partial charge on any atom is -0.493 e. The van der Waals surface area contributed by atoms with Gasteiger partial charge in [0.25, 0.3) is 0 Å². The van der Waals surface area contributed by atoms with Gasteiger partial charge in [0.1, 0.15) is 5.75 Å². The van der Waals surface area contributed by atoms with Crippen LogP contribution in [-0.4, -0.2) is 30.7 Å². The zero-order valence-electron chi connectivity index (χ0n) is 12.4. The third kappa shape index (κ3) is 3.32. The molecule has 0 aromatic heterocycles. The highest BCUT2D eigenvalue weighted by molar-refractivity contribution is 7.99. The first-order valence-electron chi connectivity index (χ1n) is 7.87. The van der Waals surface area contributed by atoms with Gasteiger partial charge < -0.3 is 10.1 Å². The SMILES string of the molecule is CSC1CCCCC1NCCc1ccc2c(c1)CCO2. The Hall–Kier alpha value is -0.670. The second-order valence-corrected chi connectivity index (χ2v) is 6.99. The van der Waals surface area contributed by atoms with E-state index in [0.29, 0.717) is 0 Å². The summed E-state index contributed by atoms with van der Waals surface area (Å²) in [5, 5.41) is 4.60. The highest BCUT2D eigenvalue weighted by Crippen LogP contribution is 2.28. The first kappa shape index (κ1) is 14.3. The van der Waals surface area contributed by atoms with E-state index in [2.05, 4.69) is 29.8 Å². The molecule has 2 aliphatic rings. The van der Waals surface area contributed by atoms with Gasteiger partial charge >= 0.3 is 0 Å². The lowest BCUT2D eigenvalue weighted by Gasteiger charge is -2.31. The van der Waals surface area contributed by atoms with Gasteiger partial charge in [0.2, 0.25) is 0 Å². The number of benzene rings is 1. The van der Waals surface area contributed by atoms with E-state index in [1.165, 1.54) is 36.8 Å². The van der Waals surface area contributed by atoms with Crippen molar-refractivity contribution in [2.24, 2.45) is 0 Å². The summed E-state index contributed by atoms with van der Waals surface area (Å²) in [6.07, 6.45) is 10.0. The molecule has 1 saturated carbocycles. The molecule has 2 atom stereocenters. The maximum Gasteiger partial charge on any atom is 0.122 e. The third-order valence-electron chi connectivity index (χ3n) is 4.58. The van der Waals surface area contributed by atoms with Crippen molar-refractivity contribution in [3.63, 3.8) is 0 Å². The van der Waals surface area contributed by atoms with Gasteiger partial charge in [-0.2, -0.15) is 11.8 Å².